The third kappa shape index (κ3) is 4.86. The normalized spacial score (nSPS) is 12.6. The molecule has 0 radical (unpaired) electrons. The summed E-state index contributed by atoms with van der Waals surface area (Å²) < 4.78 is 10.7. The maximum absolute atomic E-state index is 12.9. The van der Waals surface area contributed by atoms with Crippen molar-refractivity contribution < 1.29 is 19.1 Å². The first-order chi connectivity index (χ1) is 15.1. The Balaban J connectivity index is 1.42. The number of nitrogens with zero attached hydrogens (tertiary/aromatic N) is 1. The maximum Gasteiger partial charge on any atom is 0.262 e. The van der Waals surface area contributed by atoms with Crippen molar-refractivity contribution in [3.05, 3.63) is 83.9 Å². The molecule has 0 saturated heterocycles. The van der Waals surface area contributed by atoms with E-state index in [-0.39, 0.29) is 18.4 Å². The van der Waals surface area contributed by atoms with E-state index in [1.54, 1.807) is 25.3 Å². The summed E-state index contributed by atoms with van der Waals surface area (Å²) in [6.07, 6.45) is 1.74. The summed E-state index contributed by atoms with van der Waals surface area (Å²) >= 11 is 0. The third-order valence-electron chi connectivity index (χ3n) is 5.16. The second-order valence-electron chi connectivity index (χ2n) is 7.29. The van der Waals surface area contributed by atoms with Crippen LogP contribution in [0.15, 0.2) is 72.8 Å². The van der Waals surface area contributed by atoms with Crippen molar-refractivity contribution in [2.75, 3.05) is 30.5 Å². The molecule has 0 fully saturated rings. The first-order valence-corrected chi connectivity index (χ1v) is 10.2. The number of carbonyl (C=O) groups excluding carboxylic acids is 2. The lowest BCUT2D eigenvalue weighted by atomic mass is 10.00. The standard InChI is InChI=1S/C25H24N2O4/c1-30-21-10-5-11-22(16-21)31-17-24(28)26-20-12-13-23-19(15-20)9-6-14-27(23)25(29)18-7-3-2-4-8-18/h2-5,7-8,10-13,15-16H,6,9,14,17H2,1H3,(H,26,28). The van der Waals surface area contributed by atoms with Crippen LogP contribution in [0, 0.1) is 0 Å². The molecule has 6 nitrogen and oxygen atoms in total. The van der Waals surface area contributed by atoms with E-state index < -0.39 is 0 Å². The first-order valence-electron chi connectivity index (χ1n) is 10.2. The summed E-state index contributed by atoms with van der Waals surface area (Å²) in [4.78, 5) is 27.1. The van der Waals surface area contributed by atoms with Crippen LogP contribution in [0.25, 0.3) is 0 Å². The van der Waals surface area contributed by atoms with Gasteiger partial charge in [-0.3, -0.25) is 9.59 Å². The number of nitrogens with one attached hydrogen (secondary N) is 1. The molecule has 0 saturated carbocycles. The van der Waals surface area contributed by atoms with E-state index in [9.17, 15) is 9.59 Å². The Bertz CT molecular complexity index is 1080. The van der Waals surface area contributed by atoms with E-state index in [0.717, 1.165) is 24.1 Å². The molecule has 3 aromatic rings. The van der Waals surface area contributed by atoms with Gasteiger partial charge < -0.3 is 19.7 Å². The number of benzene rings is 3. The Morgan fingerprint density at radius 1 is 0.968 bits per heavy atom. The van der Waals surface area contributed by atoms with Gasteiger partial charge in [-0.15, -0.1) is 0 Å². The molecule has 158 valence electrons. The van der Waals surface area contributed by atoms with E-state index in [1.807, 2.05) is 59.5 Å². The van der Waals surface area contributed by atoms with E-state index >= 15 is 0 Å². The Hall–Kier alpha value is -3.80. The van der Waals surface area contributed by atoms with Crippen molar-refractivity contribution in [2.45, 2.75) is 12.8 Å². The van der Waals surface area contributed by atoms with Crippen LogP contribution in [-0.2, 0) is 11.2 Å². The van der Waals surface area contributed by atoms with Gasteiger partial charge in [0.05, 0.1) is 7.11 Å². The zero-order valence-corrected chi connectivity index (χ0v) is 17.3. The van der Waals surface area contributed by atoms with Gasteiger partial charge >= 0.3 is 0 Å². The van der Waals surface area contributed by atoms with E-state index in [0.29, 0.717) is 29.3 Å². The van der Waals surface area contributed by atoms with Crippen molar-refractivity contribution in [1.82, 2.24) is 0 Å². The lowest BCUT2D eigenvalue weighted by molar-refractivity contribution is -0.118. The summed E-state index contributed by atoms with van der Waals surface area (Å²) in [5.41, 5.74) is 3.29. The number of ether oxygens (including phenoxy) is 2. The molecule has 2 amide bonds. The molecule has 0 unspecified atom stereocenters. The largest absolute Gasteiger partial charge is 0.497 e. The summed E-state index contributed by atoms with van der Waals surface area (Å²) in [7, 11) is 1.58. The lowest BCUT2D eigenvalue weighted by Gasteiger charge is -2.30. The second kappa shape index (κ2) is 9.34. The Kier molecular flexibility index (Phi) is 6.17. The number of hydrogen-bond acceptors (Lipinski definition) is 4. The van der Waals surface area contributed by atoms with Crippen LogP contribution in [-0.4, -0.2) is 32.1 Å². The van der Waals surface area contributed by atoms with E-state index in [2.05, 4.69) is 5.32 Å². The molecule has 1 N–H and O–H groups in total. The van der Waals surface area contributed by atoms with Crippen molar-refractivity contribution in [3.8, 4) is 11.5 Å². The van der Waals surface area contributed by atoms with Gasteiger partial charge in [-0.2, -0.15) is 0 Å². The van der Waals surface area contributed by atoms with Gasteiger partial charge in [-0.05, 0) is 60.9 Å². The van der Waals surface area contributed by atoms with Crippen LogP contribution in [0.2, 0.25) is 0 Å². The highest BCUT2D eigenvalue weighted by Gasteiger charge is 2.23. The predicted octanol–water partition coefficient (Wildman–Crippen LogP) is 4.31. The molecule has 31 heavy (non-hydrogen) atoms. The second-order valence-corrected chi connectivity index (χ2v) is 7.29. The minimum atomic E-state index is -0.254. The van der Waals surface area contributed by atoms with Gasteiger partial charge in [0.15, 0.2) is 6.61 Å². The number of amides is 2. The van der Waals surface area contributed by atoms with Crippen LogP contribution in [0.5, 0.6) is 11.5 Å². The summed E-state index contributed by atoms with van der Waals surface area (Å²) in [6.45, 7) is 0.573. The number of aryl methyl sites for hydroxylation is 1. The molecular weight excluding hydrogens is 392 g/mol. The SMILES string of the molecule is COc1cccc(OCC(=O)Nc2ccc3c(c2)CCCN3C(=O)c2ccccc2)c1. The summed E-state index contributed by atoms with van der Waals surface area (Å²) in [6, 6.07) is 22.0. The van der Waals surface area contributed by atoms with E-state index in [4.69, 9.17) is 9.47 Å². The minimum absolute atomic E-state index is 0.00924. The molecule has 3 aromatic carbocycles. The first kappa shape index (κ1) is 20.5. The molecule has 0 bridgehead atoms. The highest BCUT2D eigenvalue weighted by molar-refractivity contribution is 6.07. The smallest absolute Gasteiger partial charge is 0.262 e. The maximum atomic E-state index is 12.9. The van der Waals surface area contributed by atoms with Crippen molar-refractivity contribution in [1.29, 1.82) is 0 Å². The van der Waals surface area contributed by atoms with Crippen LogP contribution in [0.1, 0.15) is 22.3 Å². The van der Waals surface area contributed by atoms with Gasteiger partial charge in [0.1, 0.15) is 11.5 Å². The molecule has 1 heterocycles. The van der Waals surface area contributed by atoms with Crippen LogP contribution in [0.3, 0.4) is 0 Å². The minimum Gasteiger partial charge on any atom is -0.497 e. The Morgan fingerprint density at radius 2 is 1.77 bits per heavy atom. The molecule has 6 heteroatoms. The fourth-order valence-electron chi connectivity index (χ4n) is 3.66. The topological polar surface area (TPSA) is 67.9 Å². The fraction of sp³-hybridized carbons (Fsp3) is 0.200. The number of carbonyl (C=O) groups is 2. The summed E-state index contributed by atoms with van der Waals surface area (Å²) in [5.74, 6) is 0.970. The average molecular weight is 416 g/mol. The molecule has 0 aromatic heterocycles. The van der Waals surface area contributed by atoms with Gasteiger partial charge in [-0.25, -0.2) is 0 Å². The molecule has 0 aliphatic carbocycles. The molecule has 1 aliphatic heterocycles. The van der Waals surface area contributed by atoms with Crippen molar-refractivity contribution >= 4 is 23.2 Å². The fourth-order valence-corrected chi connectivity index (χ4v) is 3.66. The molecule has 1 aliphatic rings. The monoisotopic (exact) mass is 416 g/mol. The number of hydrogen-bond donors (Lipinski definition) is 1. The van der Waals surface area contributed by atoms with Gasteiger partial charge in [0.25, 0.3) is 11.8 Å². The van der Waals surface area contributed by atoms with Crippen LogP contribution < -0.4 is 19.7 Å². The number of methoxy groups -OCH3 is 1. The van der Waals surface area contributed by atoms with Crippen molar-refractivity contribution in [2.24, 2.45) is 0 Å². The third-order valence-corrected chi connectivity index (χ3v) is 5.16. The Labute approximate surface area is 181 Å². The quantitative estimate of drug-likeness (QED) is 0.650. The van der Waals surface area contributed by atoms with Crippen LogP contribution in [0.4, 0.5) is 11.4 Å². The molecular formula is C25H24N2O4. The summed E-state index contributed by atoms with van der Waals surface area (Å²) in [5, 5.41) is 2.87. The van der Waals surface area contributed by atoms with Gasteiger partial charge in [-0.1, -0.05) is 24.3 Å². The van der Waals surface area contributed by atoms with Crippen LogP contribution >= 0.6 is 0 Å². The zero-order chi connectivity index (χ0) is 21.6. The Morgan fingerprint density at radius 3 is 2.58 bits per heavy atom. The lowest BCUT2D eigenvalue weighted by Crippen LogP contribution is -2.35. The number of fused-ring (bicyclic) bond motifs is 1. The highest BCUT2D eigenvalue weighted by atomic mass is 16.5. The molecule has 0 atom stereocenters. The molecule has 0 spiro atoms. The van der Waals surface area contributed by atoms with Crippen molar-refractivity contribution in [3.63, 3.8) is 0 Å². The van der Waals surface area contributed by atoms with Gasteiger partial charge in [0.2, 0.25) is 0 Å². The van der Waals surface area contributed by atoms with Gasteiger partial charge in [0, 0.05) is 29.5 Å². The zero-order valence-electron chi connectivity index (χ0n) is 17.3. The van der Waals surface area contributed by atoms with E-state index in [1.165, 1.54) is 0 Å². The number of rotatable bonds is 6. The highest BCUT2D eigenvalue weighted by Crippen LogP contribution is 2.31. The predicted molar refractivity (Wildman–Crippen MR) is 120 cm³/mol. The number of anilines is 2. The average Bonchev–Trinajstić information content (AvgIpc) is 2.82. The molecule has 4 rings (SSSR count).